The zero-order valence-corrected chi connectivity index (χ0v) is 21.3. The molecule has 0 atom stereocenters. The van der Waals surface area contributed by atoms with Crippen molar-refractivity contribution in [3.05, 3.63) is 57.9 Å². The molecule has 3 aromatic rings. The summed E-state index contributed by atoms with van der Waals surface area (Å²) in [5.74, 6) is 2.65. The second-order valence-electron chi connectivity index (χ2n) is 8.38. The van der Waals surface area contributed by atoms with Gasteiger partial charge in [0.05, 0.1) is 26.3 Å². The van der Waals surface area contributed by atoms with Gasteiger partial charge in [0.1, 0.15) is 13.2 Å². The summed E-state index contributed by atoms with van der Waals surface area (Å²) in [7, 11) is 3.22. The summed E-state index contributed by atoms with van der Waals surface area (Å²) in [6.45, 7) is 2.42. The first-order chi connectivity index (χ1) is 17.5. The monoisotopic (exact) mass is 513 g/mol. The second kappa shape index (κ2) is 12.0. The minimum Gasteiger partial charge on any atom is -0.493 e. The van der Waals surface area contributed by atoms with Gasteiger partial charge >= 0.3 is 0 Å². The van der Waals surface area contributed by atoms with Gasteiger partial charge in [0, 0.05) is 36.7 Å². The Hall–Kier alpha value is -3.50. The van der Waals surface area contributed by atoms with Gasteiger partial charge in [-0.05, 0) is 54.9 Å². The van der Waals surface area contributed by atoms with Crippen molar-refractivity contribution in [2.75, 3.05) is 47.1 Å². The highest BCUT2D eigenvalue weighted by molar-refractivity contribution is 7.80. The molecule has 1 aromatic heterocycles. The number of aromatic nitrogens is 1. The van der Waals surface area contributed by atoms with Gasteiger partial charge in [-0.15, -0.1) is 0 Å². The van der Waals surface area contributed by atoms with Crippen LogP contribution in [-0.2, 0) is 13.0 Å². The Labute approximate surface area is 214 Å². The van der Waals surface area contributed by atoms with Gasteiger partial charge in [0.15, 0.2) is 28.1 Å². The molecule has 3 N–H and O–H groups in total. The third-order valence-corrected chi connectivity index (χ3v) is 6.36. The molecule has 10 heteroatoms. The summed E-state index contributed by atoms with van der Waals surface area (Å²) in [4.78, 5) is 17.7. The third-order valence-electron chi connectivity index (χ3n) is 5.96. The summed E-state index contributed by atoms with van der Waals surface area (Å²) in [6, 6.07) is 11.3. The molecule has 0 saturated heterocycles. The number of pyridine rings is 1. The van der Waals surface area contributed by atoms with Crippen molar-refractivity contribution >= 4 is 28.2 Å². The van der Waals surface area contributed by atoms with Crippen LogP contribution in [0.1, 0.15) is 17.5 Å². The summed E-state index contributed by atoms with van der Waals surface area (Å²) >= 11 is 5.65. The Bertz CT molecular complexity index is 1280. The average Bonchev–Trinajstić information content (AvgIpc) is 2.89. The van der Waals surface area contributed by atoms with Gasteiger partial charge < -0.3 is 39.3 Å². The average molecular weight is 514 g/mol. The molecule has 36 heavy (non-hydrogen) atoms. The number of benzene rings is 2. The first-order valence-corrected chi connectivity index (χ1v) is 12.2. The molecule has 0 spiro atoms. The van der Waals surface area contributed by atoms with Crippen LogP contribution in [0.3, 0.4) is 0 Å². The van der Waals surface area contributed by atoms with E-state index in [1.807, 2.05) is 35.2 Å². The van der Waals surface area contributed by atoms with Crippen molar-refractivity contribution in [2.24, 2.45) is 0 Å². The predicted molar refractivity (Wildman–Crippen MR) is 142 cm³/mol. The number of nitrogens with one attached hydrogen (secondary N) is 2. The molecule has 0 radical (unpaired) electrons. The molecule has 1 aliphatic heterocycles. The number of aromatic amines is 1. The molecule has 0 amide bonds. The van der Waals surface area contributed by atoms with E-state index in [1.165, 1.54) is 0 Å². The van der Waals surface area contributed by atoms with E-state index in [0.717, 1.165) is 17.4 Å². The molecular formula is C26H31N3O6S. The summed E-state index contributed by atoms with van der Waals surface area (Å²) in [5.41, 5.74) is 2.14. The number of fused-ring (bicyclic) bond motifs is 2. The fraction of sp³-hybridized carbons (Fsp3) is 0.385. The lowest BCUT2D eigenvalue weighted by molar-refractivity contribution is 0.172. The fourth-order valence-electron chi connectivity index (χ4n) is 4.09. The topological polar surface area (TPSA) is 105 Å². The Balaban J connectivity index is 1.45. The lowest BCUT2D eigenvalue weighted by Crippen LogP contribution is -2.41. The maximum Gasteiger partial charge on any atom is 0.253 e. The number of ether oxygens (including phenoxy) is 4. The summed E-state index contributed by atoms with van der Waals surface area (Å²) < 4.78 is 22.0. The van der Waals surface area contributed by atoms with Crippen LogP contribution >= 0.6 is 12.2 Å². The molecule has 9 nitrogen and oxygen atoms in total. The Morgan fingerprint density at radius 1 is 1.11 bits per heavy atom. The lowest BCUT2D eigenvalue weighted by atomic mass is 10.1. The zero-order valence-electron chi connectivity index (χ0n) is 20.5. The van der Waals surface area contributed by atoms with Crippen LogP contribution in [0.2, 0.25) is 0 Å². The molecular weight excluding hydrogens is 482 g/mol. The normalized spacial score (nSPS) is 12.3. The number of hydrogen-bond acceptors (Lipinski definition) is 7. The van der Waals surface area contributed by atoms with E-state index in [0.29, 0.717) is 78.5 Å². The summed E-state index contributed by atoms with van der Waals surface area (Å²) in [5, 5.41) is 14.0. The SMILES string of the molecule is COc1ccc(CCNC(=S)N(CCCO)Cc2cc3cc4c(cc3[nH]c2=O)OCCO4)cc1OC. The number of hydrogen-bond donors (Lipinski definition) is 3. The molecule has 2 aromatic carbocycles. The van der Waals surface area contributed by atoms with Crippen LogP contribution in [0, 0.1) is 0 Å². The highest BCUT2D eigenvalue weighted by atomic mass is 32.1. The molecule has 2 heterocycles. The predicted octanol–water partition coefficient (Wildman–Crippen LogP) is 2.62. The molecule has 0 aliphatic carbocycles. The largest absolute Gasteiger partial charge is 0.493 e. The van der Waals surface area contributed by atoms with Crippen molar-refractivity contribution in [3.63, 3.8) is 0 Å². The third kappa shape index (κ3) is 6.00. The smallest absolute Gasteiger partial charge is 0.253 e. The Morgan fingerprint density at radius 2 is 1.86 bits per heavy atom. The number of methoxy groups -OCH3 is 2. The zero-order chi connectivity index (χ0) is 25.5. The van der Waals surface area contributed by atoms with E-state index in [4.69, 9.17) is 31.2 Å². The molecule has 0 unspecified atom stereocenters. The highest BCUT2D eigenvalue weighted by Crippen LogP contribution is 2.33. The van der Waals surface area contributed by atoms with E-state index in [1.54, 1.807) is 20.3 Å². The van der Waals surface area contributed by atoms with E-state index >= 15 is 0 Å². The quantitative estimate of drug-likeness (QED) is 0.353. The van der Waals surface area contributed by atoms with Crippen LogP contribution in [0.5, 0.6) is 23.0 Å². The Kier molecular flexibility index (Phi) is 8.50. The first-order valence-electron chi connectivity index (χ1n) is 11.8. The van der Waals surface area contributed by atoms with E-state index in [-0.39, 0.29) is 12.2 Å². The molecule has 0 saturated carbocycles. The number of aliphatic hydroxyl groups is 1. The molecule has 0 fully saturated rings. The van der Waals surface area contributed by atoms with Crippen LogP contribution in [0.25, 0.3) is 10.9 Å². The molecule has 4 rings (SSSR count). The maximum absolute atomic E-state index is 12.9. The molecule has 1 aliphatic rings. The van der Waals surface area contributed by atoms with Gasteiger partial charge in [0.25, 0.3) is 5.56 Å². The van der Waals surface area contributed by atoms with E-state index in [9.17, 15) is 9.90 Å². The van der Waals surface area contributed by atoms with Gasteiger partial charge in [-0.3, -0.25) is 4.79 Å². The van der Waals surface area contributed by atoms with Crippen LogP contribution < -0.4 is 29.8 Å². The van der Waals surface area contributed by atoms with Crippen LogP contribution in [0.15, 0.2) is 41.2 Å². The molecule has 0 bridgehead atoms. The number of nitrogens with zero attached hydrogens (tertiary/aromatic N) is 1. The number of H-pyrrole nitrogens is 1. The standard InChI is InChI=1S/C26H31N3O6S/c1-32-21-5-4-17(12-22(21)33-2)6-7-27-26(36)29(8-3-9-30)16-19-13-18-14-23-24(35-11-10-34-23)15-20(18)28-25(19)31/h4-5,12-15,30H,3,6-11,16H2,1-2H3,(H,27,36)(H,28,31). The van der Waals surface area contributed by atoms with E-state index in [2.05, 4.69) is 10.3 Å². The number of rotatable bonds is 10. The lowest BCUT2D eigenvalue weighted by Gasteiger charge is -2.26. The van der Waals surface area contributed by atoms with Crippen molar-refractivity contribution in [1.82, 2.24) is 15.2 Å². The summed E-state index contributed by atoms with van der Waals surface area (Å²) in [6.07, 6.45) is 1.25. The highest BCUT2D eigenvalue weighted by Gasteiger charge is 2.16. The Morgan fingerprint density at radius 3 is 2.58 bits per heavy atom. The van der Waals surface area contributed by atoms with Gasteiger partial charge in [-0.2, -0.15) is 0 Å². The van der Waals surface area contributed by atoms with Crippen molar-refractivity contribution in [2.45, 2.75) is 19.4 Å². The minimum absolute atomic E-state index is 0.0301. The van der Waals surface area contributed by atoms with Gasteiger partial charge in [-0.25, -0.2) is 0 Å². The van der Waals surface area contributed by atoms with Crippen molar-refractivity contribution in [3.8, 4) is 23.0 Å². The van der Waals surface area contributed by atoms with Gasteiger partial charge in [-0.1, -0.05) is 6.07 Å². The number of thiocarbonyl (C=S) groups is 1. The van der Waals surface area contributed by atoms with Crippen molar-refractivity contribution < 1.29 is 24.1 Å². The fourth-order valence-corrected chi connectivity index (χ4v) is 4.34. The minimum atomic E-state index is -0.193. The van der Waals surface area contributed by atoms with Crippen LogP contribution in [0.4, 0.5) is 0 Å². The van der Waals surface area contributed by atoms with Crippen LogP contribution in [-0.4, -0.2) is 67.2 Å². The number of aliphatic hydroxyl groups excluding tert-OH is 1. The molecule has 192 valence electrons. The first kappa shape index (κ1) is 25.6. The van der Waals surface area contributed by atoms with Crippen molar-refractivity contribution in [1.29, 1.82) is 0 Å². The van der Waals surface area contributed by atoms with E-state index < -0.39 is 0 Å². The second-order valence-corrected chi connectivity index (χ2v) is 8.76. The maximum atomic E-state index is 12.9. The van der Waals surface area contributed by atoms with Gasteiger partial charge in [0.2, 0.25) is 0 Å².